The second-order valence-electron chi connectivity index (χ2n) is 9.07. The smallest absolute Gasteiger partial charge is 0.273 e. The summed E-state index contributed by atoms with van der Waals surface area (Å²) in [7, 11) is 3.70. The number of halogens is 1. The first-order valence-corrected chi connectivity index (χ1v) is 12.8. The normalized spacial score (nSPS) is 11.2. The molecule has 8 nitrogen and oxygen atoms in total. The fraction of sp³-hybridized carbons (Fsp3) is 0.357. The van der Waals surface area contributed by atoms with Crippen molar-refractivity contribution in [3.05, 3.63) is 70.1 Å². The first kappa shape index (κ1) is 26.6. The lowest BCUT2D eigenvalue weighted by molar-refractivity contribution is 0.0781. The molecule has 0 atom stereocenters. The summed E-state index contributed by atoms with van der Waals surface area (Å²) in [5, 5.41) is 8.66. The predicted octanol–water partition coefficient (Wildman–Crippen LogP) is 5.04. The van der Waals surface area contributed by atoms with Crippen LogP contribution < -0.4 is 10.1 Å². The van der Waals surface area contributed by atoms with E-state index in [-0.39, 0.29) is 5.91 Å². The number of benzene rings is 2. The number of ether oxygens (including phenoxy) is 1. The molecule has 0 radical (unpaired) electrons. The van der Waals surface area contributed by atoms with E-state index in [1.54, 1.807) is 24.1 Å². The van der Waals surface area contributed by atoms with Crippen molar-refractivity contribution in [3.8, 4) is 17.1 Å². The molecule has 2 aromatic carbocycles. The van der Waals surface area contributed by atoms with E-state index in [2.05, 4.69) is 10.4 Å². The number of hydrogen-bond donors (Lipinski definition) is 1. The van der Waals surface area contributed by atoms with Crippen LogP contribution in [0.25, 0.3) is 22.3 Å². The van der Waals surface area contributed by atoms with Gasteiger partial charge in [0, 0.05) is 47.4 Å². The standard InChI is InChI=1S/C28H33ClN6O2/c1-6-35-19(3)20(16-31-35)17-34(5)28(36)26-24-15-21(29)8-11-25(24)32-27(33-26)23-10-9-22(14-18(23)2)37-13-7-12-30-4/h8-11,14-16,30H,6-7,12-13,17H2,1-5H3. The molecule has 0 aliphatic rings. The SMILES string of the molecule is CCn1ncc(CN(C)C(=O)c2nc(-c3ccc(OCCCNC)cc3C)nc3ccc(Cl)cc23)c1C. The maximum atomic E-state index is 13.7. The summed E-state index contributed by atoms with van der Waals surface area (Å²) in [6.45, 7) is 8.78. The summed E-state index contributed by atoms with van der Waals surface area (Å²) in [6.07, 6.45) is 2.74. The van der Waals surface area contributed by atoms with Gasteiger partial charge in [-0.05, 0) is 82.7 Å². The van der Waals surface area contributed by atoms with Crippen molar-refractivity contribution in [2.24, 2.45) is 0 Å². The summed E-state index contributed by atoms with van der Waals surface area (Å²) < 4.78 is 7.79. The van der Waals surface area contributed by atoms with Crippen molar-refractivity contribution in [3.63, 3.8) is 0 Å². The van der Waals surface area contributed by atoms with E-state index in [1.165, 1.54) is 0 Å². The highest BCUT2D eigenvalue weighted by Gasteiger charge is 2.21. The third kappa shape index (κ3) is 5.92. The second-order valence-corrected chi connectivity index (χ2v) is 9.51. The third-order valence-corrected chi connectivity index (χ3v) is 6.63. The summed E-state index contributed by atoms with van der Waals surface area (Å²) in [6, 6.07) is 11.2. The van der Waals surface area contributed by atoms with Gasteiger partial charge in [-0.25, -0.2) is 9.97 Å². The molecule has 2 heterocycles. The summed E-state index contributed by atoms with van der Waals surface area (Å²) in [5.74, 6) is 1.08. The van der Waals surface area contributed by atoms with Crippen LogP contribution in [0, 0.1) is 13.8 Å². The lowest BCUT2D eigenvalue weighted by Gasteiger charge is -2.18. The van der Waals surface area contributed by atoms with Crippen LogP contribution in [-0.2, 0) is 13.1 Å². The Labute approximate surface area is 222 Å². The van der Waals surface area contributed by atoms with Crippen LogP contribution in [0.1, 0.15) is 40.7 Å². The highest BCUT2D eigenvalue weighted by molar-refractivity contribution is 6.31. The molecular weight excluding hydrogens is 488 g/mol. The molecule has 2 aromatic heterocycles. The van der Waals surface area contributed by atoms with Crippen molar-refractivity contribution < 1.29 is 9.53 Å². The number of nitrogens with one attached hydrogen (secondary N) is 1. The number of aromatic nitrogens is 4. The molecule has 37 heavy (non-hydrogen) atoms. The molecule has 194 valence electrons. The lowest BCUT2D eigenvalue weighted by Crippen LogP contribution is -2.28. The molecule has 9 heteroatoms. The Balaban J connectivity index is 1.68. The molecule has 1 amide bonds. The van der Waals surface area contributed by atoms with Gasteiger partial charge in [-0.2, -0.15) is 5.10 Å². The number of aryl methyl sites for hydroxylation is 2. The van der Waals surface area contributed by atoms with E-state index in [1.807, 2.05) is 63.0 Å². The second kappa shape index (κ2) is 11.7. The van der Waals surface area contributed by atoms with Gasteiger partial charge in [-0.1, -0.05) is 11.6 Å². The Bertz CT molecular complexity index is 1420. The number of amides is 1. The van der Waals surface area contributed by atoms with E-state index < -0.39 is 0 Å². The predicted molar refractivity (Wildman–Crippen MR) is 147 cm³/mol. The maximum absolute atomic E-state index is 13.7. The van der Waals surface area contributed by atoms with Crippen LogP contribution in [0.3, 0.4) is 0 Å². The van der Waals surface area contributed by atoms with E-state index in [4.69, 9.17) is 26.3 Å². The Morgan fingerprint density at radius 2 is 1.97 bits per heavy atom. The number of fused-ring (bicyclic) bond motifs is 1. The summed E-state index contributed by atoms with van der Waals surface area (Å²) >= 11 is 6.30. The van der Waals surface area contributed by atoms with Crippen LogP contribution in [0.15, 0.2) is 42.6 Å². The quantitative estimate of drug-likeness (QED) is 0.295. The van der Waals surface area contributed by atoms with Gasteiger partial charge >= 0.3 is 0 Å². The first-order chi connectivity index (χ1) is 17.8. The molecule has 0 fully saturated rings. The fourth-order valence-corrected chi connectivity index (χ4v) is 4.44. The van der Waals surface area contributed by atoms with Crippen LogP contribution in [0.2, 0.25) is 5.02 Å². The van der Waals surface area contributed by atoms with Crippen LogP contribution in [0.4, 0.5) is 0 Å². The zero-order valence-electron chi connectivity index (χ0n) is 22.0. The van der Waals surface area contributed by atoms with Gasteiger partial charge in [0.05, 0.1) is 18.3 Å². The minimum absolute atomic E-state index is 0.207. The van der Waals surface area contributed by atoms with Gasteiger partial charge in [0.1, 0.15) is 11.4 Å². The first-order valence-electron chi connectivity index (χ1n) is 12.4. The summed E-state index contributed by atoms with van der Waals surface area (Å²) in [4.78, 5) is 24.9. The Morgan fingerprint density at radius 3 is 2.68 bits per heavy atom. The number of nitrogens with zero attached hydrogens (tertiary/aromatic N) is 5. The van der Waals surface area contributed by atoms with Gasteiger partial charge in [-0.3, -0.25) is 9.48 Å². The number of carbonyl (C=O) groups excluding carboxylic acids is 1. The average molecular weight is 521 g/mol. The van der Waals surface area contributed by atoms with Crippen molar-refractivity contribution >= 4 is 28.4 Å². The van der Waals surface area contributed by atoms with Gasteiger partial charge < -0.3 is 15.0 Å². The Morgan fingerprint density at radius 1 is 1.16 bits per heavy atom. The topological polar surface area (TPSA) is 85.2 Å². The van der Waals surface area contributed by atoms with E-state index in [9.17, 15) is 4.79 Å². The zero-order chi connectivity index (χ0) is 26.5. The van der Waals surface area contributed by atoms with Crippen molar-refractivity contribution in [1.29, 1.82) is 0 Å². The Hall–Kier alpha value is -3.49. The third-order valence-electron chi connectivity index (χ3n) is 6.40. The molecule has 0 aliphatic heterocycles. The molecule has 0 aliphatic carbocycles. The largest absolute Gasteiger partial charge is 0.494 e. The maximum Gasteiger partial charge on any atom is 0.273 e. The number of rotatable bonds is 10. The van der Waals surface area contributed by atoms with Gasteiger partial charge in [0.15, 0.2) is 5.82 Å². The summed E-state index contributed by atoms with van der Waals surface area (Å²) in [5.41, 5.74) is 4.83. The van der Waals surface area contributed by atoms with E-state index in [0.717, 1.165) is 47.6 Å². The van der Waals surface area contributed by atoms with Gasteiger partial charge in [0.2, 0.25) is 0 Å². The molecule has 0 saturated carbocycles. The van der Waals surface area contributed by atoms with Crippen LogP contribution in [0.5, 0.6) is 5.75 Å². The molecule has 1 N–H and O–H groups in total. The zero-order valence-corrected chi connectivity index (χ0v) is 22.8. The van der Waals surface area contributed by atoms with Crippen LogP contribution in [-0.4, -0.2) is 57.8 Å². The molecule has 0 saturated heterocycles. The highest BCUT2D eigenvalue weighted by atomic mass is 35.5. The molecule has 0 spiro atoms. The fourth-order valence-electron chi connectivity index (χ4n) is 4.27. The van der Waals surface area contributed by atoms with Gasteiger partial charge in [0.25, 0.3) is 5.91 Å². The van der Waals surface area contributed by atoms with E-state index >= 15 is 0 Å². The van der Waals surface area contributed by atoms with Crippen molar-refractivity contribution in [1.82, 2.24) is 30.0 Å². The minimum atomic E-state index is -0.207. The minimum Gasteiger partial charge on any atom is -0.494 e. The van der Waals surface area contributed by atoms with E-state index in [0.29, 0.717) is 40.6 Å². The molecule has 0 unspecified atom stereocenters. The number of hydrogen-bond acceptors (Lipinski definition) is 6. The Kier molecular flexibility index (Phi) is 8.41. The highest BCUT2D eigenvalue weighted by Crippen LogP contribution is 2.29. The molecule has 4 rings (SSSR count). The van der Waals surface area contributed by atoms with Gasteiger partial charge in [-0.15, -0.1) is 0 Å². The molecular formula is C28H33ClN6O2. The van der Waals surface area contributed by atoms with Crippen molar-refractivity contribution in [2.45, 2.75) is 40.3 Å². The van der Waals surface area contributed by atoms with Crippen LogP contribution >= 0.6 is 11.6 Å². The molecule has 0 bridgehead atoms. The average Bonchev–Trinajstić information content (AvgIpc) is 3.24. The number of carbonyl (C=O) groups is 1. The monoisotopic (exact) mass is 520 g/mol. The molecule has 4 aromatic rings. The lowest BCUT2D eigenvalue weighted by atomic mass is 10.1. The van der Waals surface area contributed by atoms with Crippen molar-refractivity contribution in [2.75, 3.05) is 27.2 Å².